The summed E-state index contributed by atoms with van der Waals surface area (Å²) in [5, 5.41) is 4.21. The number of benzene rings is 1. The second-order valence-electron chi connectivity index (χ2n) is 4.62. The van der Waals surface area contributed by atoms with Gasteiger partial charge in [-0.05, 0) is 47.1 Å². The summed E-state index contributed by atoms with van der Waals surface area (Å²) in [5.74, 6) is 5.16. The van der Waals surface area contributed by atoms with Crippen molar-refractivity contribution >= 4 is 11.3 Å². The highest BCUT2D eigenvalue weighted by atomic mass is 32.1. The lowest BCUT2D eigenvalue weighted by Gasteiger charge is -2.16. The number of rotatable bonds is 4. The molecule has 1 aromatic carbocycles. The molecule has 2 N–H and O–H groups in total. The first kappa shape index (κ1) is 14.7. The van der Waals surface area contributed by atoms with E-state index < -0.39 is 0 Å². The fraction of sp³-hybridized carbons (Fsp3) is 0.250. The van der Waals surface area contributed by atoms with Gasteiger partial charge in [-0.3, -0.25) is 4.90 Å². The van der Waals surface area contributed by atoms with Crippen molar-refractivity contribution < 1.29 is 4.39 Å². The lowest BCUT2D eigenvalue weighted by atomic mass is 10.1. The van der Waals surface area contributed by atoms with E-state index in [9.17, 15) is 4.39 Å². The van der Waals surface area contributed by atoms with E-state index in [0.717, 1.165) is 18.7 Å². The topological polar surface area (TPSA) is 29.3 Å². The Labute approximate surface area is 123 Å². The van der Waals surface area contributed by atoms with E-state index in [1.54, 1.807) is 23.5 Å². The molecule has 0 aliphatic rings. The zero-order chi connectivity index (χ0) is 14.4. The highest BCUT2D eigenvalue weighted by molar-refractivity contribution is 7.07. The molecule has 1 heterocycles. The van der Waals surface area contributed by atoms with Crippen LogP contribution in [0.3, 0.4) is 0 Å². The molecule has 0 unspecified atom stereocenters. The molecule has 0 saturated carbocycles. The molecule has 0 aliphatic heterocycles. The predicted octanol–water partition coefficient (Wildman–Crippen LogP) is 2.83. The van der Waals surface area contributed by atoms with Crippen LogP contribution in [0, 0.1) is 17.7 Å². The van der Waals surface area contributed by atoms with Crippen LogP contribution in [-0.4, -0.2) is 18.5 Å². The minimum Gasteiger partial charge on any atom is -0.320 e. The highest BCUT2D eigenvalue weighted by Crippen LogP contribution is 2.14. The molecule has 0 spiro atoms. The SMILES string of the molecule is CN(Cc1ccsc1)Cc1ccc(F)c(C#CCN)c1. The second kappa shape index (κ2) is 7.20. The molecule has 0 bridgehead atoms. The summed E-state index contributed by atoms with van der Waals surface area (Å²) in [4.78, 5) is 2.19. The predicted molar refractivity (Wildman–Crippen MR) is 81.8 cm³/mol. The fourth-order valence-electron chi connectivity index (χ4n) is 1.97. The third kappa shape index (κ3) is 4.17. The van der Waals surface area contributed by atoms with Crippen molar-refractivity contribution in [2.45, 2.75) is 13.1 Å². The van der Waals surface area contributed by atoms with Gasteiger partial charge in [0.05, 0.1) is 12.1 Å². The maximum Gasteiger partial charge on any atom is 0.138 e. The zero-order valence-corrected chi connectivity index (χ0v) is 12.2. The normalized spacial score (nSPS) is 10.4. The van der Waals surface area contributed by atoms with Crippen molar-refractivity contribution in [1.82, 2.24) is 4.90 Å². The van der Waals surface area contributed by atoms with Crippen LogP contribution in [0.5, 0.6) is 0 Å². The lowest BCUT2D eigenvalue weighted by Crippen LogP contribution is -2.16. The molecule has 2 aromatic rings. The molecule has 0 aliphatic carbocycles. The average Bonchev–Trinajstić information content (AvgIpc) is 2.92. The van der Waals surface area contributed by atoms with Gasteiger partial charge in [0.2, 0.25) is 0 Å². The van der Waals surface area contributed by atoms with E-state index in [4.69, 9.17) is 5.73 Å². The second-order valence-corrected chi connectivity index (χ2v) is 5.40. The van der Waals surface area contributed by atoms with Crippen LogP contribution in [0.1, 0.15) is 16.7 Å². The average molecular weight is 288 g/mol. The Morgan fingerprint density at radius 2 is 2.05 bits per heavy atom. The molecular formula is C16H17FN2S. The van der Waals surface area contributed by atoms with E-state index in [1.807, 2.05) is 7.05 Å². The van der Waals surface area contributed by atoms with E-state index in [1.165, 1.54) is 11.6 Å². The summed E-state index contributed by atoms with van der Waals surface area (Å²) >= 11 is 1.70. The van der Waals surface area contributed by atoms with Crippen LogP contribution in [-0.2, 0) is 13.1 Å². The van der Waals surface area contributed by atoms with Crippen molar-refractivity contribution in [2.24, 2.45) is 5.73 Å². The van der Waals surface area contributed by atoms with Crippen molar-refractivity contribution in [3.8, 4) is 11.8 Å². The number of thiophene rings is 1. The number of halogens is 1. The first-order valence-electron chi connectivity index (χ1n) is 6.36. The third-order valence-corrected chi connectivity index (χ3v) is 3.57. The summed E-state index contributed by atoms with van der Waals surface area (Å²) < 4.78 is 13.6. The zero-order valence-electron chi connectivity index (χ0n) is 11.4. The summed E-state index contributed by atoms with van der Waals surface area (Å²) in [5.41, 5.74) is 8.07. The highest BCUT2D eigenvalue weighted by Gasteiger charge is 2.05. The van der Waals surface area contributed by atoms with Crippen LogP contribution in [0.2, 0.25) is 0 Å². The molecule has 4 heteroatoms. The minimum absolute atomic E-state index is 0.238. The number of hydrogen-bond donors (Lipinski definition) is 1. The van der Waals surface area contributed by atoms with Gasteiger partial charge in [-0.1, -0.05) is 17.9 Å². The van der Waals surface area contributed by atoms with Gasteiger partial charge in [0.15, 0.2) is 0 Å². The molecule has 2 nitrogen and oxygen atoms in total. The van der Waals surface area contributed by atoms with Crippen LogP contribution in [0.25, 0.3) is 0 Å². The van der Waals surface area contributed by atoms with Gasteiger partial charge in [-0.25, -0.2) is 4.39 Å². The number of hydrogen-bond acceptors (Lipinski definition) is 3. The molecule has 0 atom stereocenters. The molecule has 2 rings (SSSR count). The Kier molecular flexibility index (Phi) is 5.31. The molecule has 20 heavy (non-hydrogen) atoms. The number of nitrogens with two attached hydrogens (primary N) is 1. The Morgan fingerprint density at radius 1 is 1.25 bits per heavy atom. The van der Waals surface area contributed by atoms with Gasteiger partial charge >= 0.3 is 0 Å². The summed E-state index contributed by atoms with van der Waals surface area (Å²) in [7, 11) is 2.05. The lowest BCUT2D eigenvalue weighted by molar-refractivity contribution is 0.319. The molecule has 0 radical (unpaired) electrons. The quantitative estimate of drug-likeness (QED) is 0.877. The largest absolute Gasteiger partial charge is 0.320 e. The van der Waals surface area contributed by atoms with Crippen LogP contribution < -0.4 is 5.73 Å². The van der Waals surface area contributed by atoms with Crippen molar-refractivity contribution in [3.63, 3.8) is 0 Å². The van der Waals surface area contributed by atoms with Gasteiger partial charge in [0, 0.05) is 13.1 Å². The van der Waals surface area contributed by atoms with Crippen LogP contribution in [0.4, 0.5) is 4.39 Å². The van der Waals surface area contributed by atoms with E-state index in [2.05, 4.69) is 33.6 Å². The maximum atomic E-state index is 13.6. The number of nitrogens with zero attached hydrogens (tertiary/aromatic N) is 1. The molecule has 0 fully saturated rings. The minimum atomic E-state index is -0.296. The summed E-state index contributed by atoms with van der Waals surface area (Å²) in [6, 6.07) is 7.17. The molecule has 0 amide bonds. The van der Waals surface area contributed by atoms with Gasteiger partial charge in [-0.2, -0.15) is 11.3 Å². The van der Waals surface area contributed by atoms with Gasteiger partial charge in [0.1, 0.15) is 5.82 Å². The van der Waals surface area contributed by atoms with Crippen molar-refractivity contribution in [1.29, 1.82) is 0 Å². The van der Waals surface area contributed by atoms with E-state index in [0.29, 0.717) is 5.56 Å². The first-order valence-corrected chi connectivity index (χ1v) is 7.30. The smallest absolute Gasteiger partial charge is 0.138 e. The first-order chi connectivity index (χ1) is 9.69. The van der Waals surface area contributed by atoms with Gasteiger partial charge in [0.25, 0.3) is 0 Å². The monoisotopic (exact) mass is 288 g/mol. The maximum absolute atomic E-state index is 13.6. The van der Waals surface area contributed by atoms with Gasteiger partial charge < -0.3 is 5.73 Å². The summed E-state index contributed by atoms with van der Waals surface area (Å²) in [6.07, 6.45) is 0. The fourth-order valence-corrected chi connectivity index (χ4v) is 2.63. The van der Waals surface area contributed by atoms with Gasteiger partial charge in [-0.15, -0.1) is 0 Å². The standard InChI is InChI=1S/C16H17FN2S/c1-19(11-14-6-8-20-12-14)10-13-4-5-16(17)15(9-13)3-2-7-18/h4-6,8-9,12H,7,10-11,18H2,1H3. The van der Waals surface area contributed by atoms with Crippen LogP contribution >= 0.6 is 11.3 Å². The molecule has 104 valence electrons. The van der Waals surface area contributed by atoms with Crippen molar-refractivity contribution in [2.75, 3.05) is 13.6 Å². The molecular weight excluding hydrogens is 271 g/mol. The van der Waals surface area contributed by atoms with Crippen LogP contribution in [0.15, 0.2) is 35.0 Å². The summed E-state index contributed by atoms with van der Waals surface area (Å²) in [6.45, 7) is 1.87. The van der Waals surface area contributed by atoms with E-state index in [-0.39, 0.29) is 12.4 Å². The Bertz CT molecular complexity index is 611. The molecule has 1 aromatic heterocycles. The Hall–Kier alpha value is -1.67. The van der Waals surface area contributed by atoms with E-state index >= 15 is 0 Å². The third-order valence-electron chi connectivity index (χ3n) is 2.84. The van der Waals surface area contributed by atoms with Crippen molar-refractivity contribution in [3.05, 3.63) is 57.5 Å². The Balaban J connectivity index is 2.05. The Morgan fingerprint density at radius 3 is 2.75 bits per heavy atom. The molecule has 0 saturated heterocycles.